The number of morpholine rings is 1. The third kappa shape index (κ3) is 4.00. The second-order valence-corrected chi connectivity index (χ2v) is 4.72. The van der Waals surface area contributed by atoms with E-state index in [1.807, 2.05) is 13.8 Å². The highest BCUT2D eigenvalue weighted by molar-refractivity contribution is 5.82. The van der Waals surface area contributed by atoms with Crippen molar-refractivity contribution >= 4 is 11.9 Å². The molecule has 1 saturated heterocycles. The summed E-state index contributed by atoms with van der Waals surface area (Å²) in [6.07, 6.45) is 0.363. The molecule has 0 bridgehead atoms. The zero-order valence-electron chi connectivity index (χ0n) is 10.8. The van der Waals surface area contributed by atoms with Gasteiger partial charge in [-0.2, -0.15) is 0 Å². The normalized spacial score (nSPS) is 18.9. The molecule has 1 fully saturated rings. The fourth-order valence-corrected chi connectivity index (χ4v) is 1.90. The summed E-state index contributed by atoms with van der Waals surface area (Å²) in [6.45, 7) is 7.74. The van der Waals surface area contributed by atoms with E-state index in [4.69, 9.17) is 9.47 Å². The first-order chi connectivity index (χ1) is 7.97. The van der Waals surface area contributed by atoms with Crippen molar-refractivity contribution in [3.05, 3.63) is 0 Å². The van der Waals surface area contributed by atoms with Gasteiger partial charge >= 0.3 is 5.97 Å². The standard InChI is InChI=1S/C12H21NO4/c1-4-17-11(15)6-5-10(14)13-7-8-16-9-12(13,2)3/h4-9H2,1-3H3. The van der Waals surface area contributed by atoms with E-state index in [0.717, 1.165) is 0 Å². The summed E-state index contributed by atoms with van der Waals surface area (Å²) in [4.78, 5) is 24.9. The van der Waals surface area contributed by atoms with Crippen molar-refractivity contribution in [2.45, 2.75) is 39.2 Å². The summed E-state index contributed by atoms with van der Waals surface area (Å²) in [7, 11) is 0. The number of ether oxygens (including phenoxy) is 2. The molecule has 0 aliphatic carbocycles. The van der Waals surface area contributed by atoms with E-state index in [0.29, 0.717) is 26.4 Å². The average Bonchev–Trinajstić information content (AvgIpc) is 2.26. The minimum absolute atomic E-state index is 0.00801. The molecule has 0 atom stereocenters. The van der Waals surface area contributed by atoms with E-state index < -0.39 is 0 Å². The van der Waals surface area contributed by atoms with Gasteiger partial charge in [0.25, 0.3) is 0 Å². The number of nitrogens with zero attached hydrogens (tertiary/aromatic N) is 1. The summed E-state index contributed by atoms with van der Waals surface area (Å²) in [5.41, 5.74) is -0.288. The first-order valence-electron chi connectivity index (χ1n) is 6.01. The second-order valence-electron chi connectivity index (χ2n) is 4.72. The molecule has 0 aromatic rings. The Kier molecular flexibility index (Phi) is 4.93. The zero-order valence-corrected chi connectivity index (χ0v) is 10.8. The van der Waals surface area contributed by atoms with E-state index in [1.165, 1.54) is 0 Å². The molecule has 98 valence electrons. The van der Waals surface area contributed by atoms with E-state index in [1.54, 1.807) is 11.8 Å². The predicted molar refractivity (Wildman–Crippen MR) is 62.5 cm³/mol. The van der Waals surface area contributed by atoms with Crippen LogP contribution in [0.3, 0.4) is 0 Å². The van der Waals surface area contributed by atoms with Gasteiger partial charge < -0.3 is 14.4 Å². The van der Waals surface area contributed by atoms with Gasteiger partial charge in [0.2, 0.25) is 5.91 Å². The fraction of sp³-hybridized carbons (Fsp3) is 0.833. The number of esters is 1. The van der Waals surface area contributed by atoms with Crippen LogP contribution >= 0.6 is 0 Å². The van der Waals surface area contributed by atoms with Crippen molar-refractivity contribution in [3.8, 4) is 0 Å². The third-order valence-electron chi connectivity index (χ3n) is 2.79. The summed E-state index contributed by atoms with van der Waals surface area (Å²) < 4.78 is 10.1. The minimum Gasteiger partial charge on any atom is -0.466 e. The molecule has 0 spiro atoms. The van der Waals surface area contributed by atoms with Crippen molar-refractivity contribution in [1.29, 1.82) is 0 Å². The lowest BCUT2D eigenvalue weighted by Crippen LogP contribution is -2.55. The van der Waals surface area contributed by atoms with Crippen LogP contribution in [0.2, 0.25) is 0 Å². The van der Waals surface area contributed by atoms with E-state index in [2.05, 4.69) is 0 Å². The molecule has 0 radical (unpaired) electrons. The Morgan fingerprint density at radius 3 is 2.65 bits per heavy atom. The number of hydrogen-bond acceptors (Lipinski definition) is 4. The second kappa shape index (κ2) is 6.00. The first-order valence-corrected chi connectivity index (χ1v) is 6.01. The smallest absolute Gasteiger partial charge is 0.306 e. The monoisotopic (exact) mass is 243 g/mol. The number of carbonyl (C=O) groups is 2. The Hall–Kier alpha value is -1.10. The lowest BCUT2D eigenvalue weighted by Gasteiger charge is -2.42. The van der Waals surface area contributed by atoms with Gasteiger partial charge in [-0.1, -0.05) is 0 Å². The predicted octanol–water partition coefficient (Wildman–Crippen LogP) is 0.967. The highest BCUT2D eigenvalue weighted by Crippen LogP contribution is 2.20. The molecule has 1 heterocycles. The van der Waals surface area contributed by atoms with Crippen molar-refractivity contribution in [2.24, 2.45) is 0 Å². The Labute approximate surface area is 102 Å². The first kappa shape index (κ1) is 14.0. The molecule has 5 heteroatoms. The third-order valence-corrected chi connectivity index (χ3v) is 2.79. The maximum atomic E-state index is 12.0. The van der Waals surface area contributed by atoms with Crippen LogP contribution in [0.15, 0.2) is 0 Å². The van der Waals surface area contributed by atoms with E-state index in [-0.39, 0.29) is 30.3 Å². The number of rotatable bonds is 4. The molecule has 1 amide bonds. The lowest BCUT2D eigenvalue weighted by molar-refractivity contribution is -0.151. The Balaban J connectivity index is 2.43. The van der Waals surface area contributed by atoms with E-state index >= 15 is 0 Å². The Morgan fingerprint density at radius 2 is 2.06 bits per heavy atom. The highest BCUT2D eigenvalue weighted by Gasteiger charge is 2.33. The minimum atomic E-state index is -0.313. The molecule has 1 aliphatic rings. The summed E-state index contributed by atoms with van der Waals surface area (Å²) in [5, 5.41) is 0. The SMILES string of the molecule is CCOC(=O)CCC(=O)N1CCOCC1(C)C. The molecule has 17 heavy (non-hydrogen) atoms. The van der Waals surface area contributed by atoms with Crippen LogP contribution in [0.25, 0.3) is 0 Å². The van der Waals surface area contributed by atoms with Gasteiger partial charge in [0.1, 0.15) is 0 Å². The van der Waals surface area contributed by atoms with Gasteiger partial charge in [0, 0.05) is 13.0 Å². The molecule has 1 aliphatic heterocycles. The van der Waals surface area contributed by atoms with Gasteiger partial charge in [-0.05, 0) is 20.8 Å². The number of carbonyl (C=O) groups excluding carboxylic acids is 2. The Bertz CT molecular complexity index is 288. The zero-order chi connectivity index (χ0) is 12.9. The van der Waals surface area contributed by atoms with Gasteiger partial charge in [-0.3, -0.25) is 9.59 Å². The molecular formula is C12H21NO4. The van der Waals surface area contributed by atoms with Gasteiger partial charge in [0.15, 0.2) is 0 Å². The molecular weight excluding hydrogens is 222 g/mol. The van der Waals surface area contributed by atoms with Crippen molar-refractivity contribution in [1.82, 2.24) is 4.90 Å². The van der Waals surface area contributed by atoms with Crippen LogP contribution in [0.5, 0.6) is 0 Å². The van der Waals surface area contributed by atoms with Gasteiger partial charge in [-0.25, -0.2) is 0 Å². The molecule has 5 nitrogen and oxygen atoms in total. The van der Waals surface area contributed by atoms with Gasteiger partial charge in [-0.15, -0.1) is 0 Å². The van der Waals surface area contributed by atoms with Crippen molar-refractivity contribution < 1.29 is 19.1 Å². The molecule has 0 unspecified atom stereocenters. The highest BCUT2D eigenvalue weighted by atomic mass is 16.5. The Morgan fingerprint density at radius 1 is 1.35 bits per heavy atom. The maximum Gasteiger partial charge on any atom is 0.306 e. The number of hydrogen-bond donors (Lipinski definition) is 0. The van der Waals surface area contributed by atoms with E-state index in [9.17, 15) is 9.59 Å². The average molecular weight is 243 g/mol. The van der Waals surface area contributed by atoms with Gasteiger partial charge in [0.05, 0.1) is 31.8 Å². The molecule has 1 rings (SSSR count). The fourth-order valence-electron chi connectivity index (χ4n) is 1.90. The quantitative estimate of drug-likeness (QED) is 0.690. The molecule has 0 saturated carbocycles. The van der Waals surface area contributed by atoms with Crippen LogP contribution in [0.4, 0.5) is 0 Å². The lowest BCUT2D eigenvalue weighted by atomic mass is 10.0. The molecule has 0 N–H and O–H groups in total. The largest absolute Gasteiger partial charge is 0.466 e. The molecule has 0 aromatic heterocycles. The summed E-state index contributed by atoms with van der Waals surface area (Å²) in [6, 6.07) is 0. The van der Waals surface area contributed by atoms with Crippen LogP contribution in [-0.4, -0.2) is 48.7 Å². The molecule has 0 aromatic carbocycles. The summed E-state index contributed by atoms with van der Waals surface area (Å²) >= 11 is 0. The van der Waals surface area contributed by atoms with Crippen LogP contribution < -0.4 is 0 Å². The maximum absolute atomic E-state index is 12.0. The van der Waals surface area contributed by atoms with Crippen molar-refractivity contribution in [2.75, 3.05) is 26.4 Å². The van der Waals surface area contributed by atoms with Crippen LogP contribution in [0, 0.1) is 0 Å². The van der Waals surface area contributed by atoms with Crippen LogP contribution in [-0.2, 0) is 19.1 Å². The topological polar surface area (TPSA) is 55.8 Å². The van der Waals surface area contributed by atoms with Crippen molar-refractivity contribution in [3.63, 3.8) is 0 Å². The number of amides is 1. The summed E-state index contributed by atoms with van der Waals surface area (Å²) in [5.74, 6) is -0.321. The van der Waals surface area contributed by atoms with Crippen LogP contribution in [0.1, 0.15) is 33.6 Å².